The number of likely N-dealkylation sites (N-methyl/N-ethyl adjacent to an activating group) is 1. The zero-order valence-corrected chi connectivity index (χ0v) is 24.0. The third kappa shape index (κ3) is 7.82. The van der Waals surface area contributed by atoms with Crippen LogP contribution in [0.5, 0.6) is 5.75 Å². The highest BCUT2D eigenvalue weighted by Crippen LogP contribution is 2.30. The van der Waals surface area contributed by atoms with Crippen molar-refractivity contribution in [1.29, 1.82) is 0 Å². The van der Waals surface area contributed by atoms with Gasteiger partial charge in [0.1, 0.15) is 18.3 Å². The minimum absolute atomic E-state index is 0.113. The number of nitrogens with zero attached hydrogens (tertiary/aromatic N) is 2. The summed E-state index contributed by atoms with van der Waals surface area (Å²) in [5.74, 6) is -0.520. The van der Waals surface area contributed by atoms with E-state index in [1.54, 1.807) is 31.2 Å². The first kappa shape index (κ1) is 29.2. The molecule has 0 aliphatic rings. The van der Waals surface area contributed by atoms with Crippen molar-refractivity contribution in [3.8, 4) is 5.75 Å². The molecule has 3 aromatic rings. The average molecular weight is 603 g/mol. The Balaban J connectivity index is 2.04. The largest absolute Gasteiger partial charge is 0.492 e. The maximum absolute atomic E-state index is 14.0. The highest BCUT2D eigenvalue weighted by molar-refractivity contribution is 9.10. The Labute approximate surface area is 232 Å². The summed E-state index contributed by atoms with van der Waals surface area (Å²) >= 11 is 3.42. The van der Waals surface area contributed by atoms with Crippen molar-refractivity contribution < 1.29 is 22.7 Å². The van der Waals surface area contributed by atoms with Crippen molar-refractivity contribution in [3.63, 3.8) is 0 Å². The van der Waals surface area contributed by atoms with E-state index >= 15 is 0 Å². The molecule has 0 heterocycles. The molecule has 0 saturated heterocycles. The zero-order valence-electron chi connectivity index (χ0n) is 21.6. The molecule has 0 fully saturated rings. The summed E-state index contributed by atoms with van der Waals surface area (Å²) in [7, 11) is -2.36. The maximum Gasteiger partial charge on any atom is 0.244 e. The van der Waals surface area contributed by atoms with Crippen molar-refractivity contribution in [3.05, 3.63) is 94.5 Å². The van der Waals surface area contributed by atoms with E-state index in [9.17, 15) is 18.0 Å². The Morgan fingerprint density at radius 1 is 0.947 bits per heavy atom. The quantitative estimate of drug-likeness (QED) is 0.338. The summed E-state index contributed by atoms with van der Waals surface area (Å²) in [5.41, 5.74) is 1.92. The molecular weight excluding hydrogens is 570 g/mol. The number of carbonyl (C=O) groups is 2. The monoisotopic (exact) mass is 601 g/mol. The predicted molar refractivity (Wildman–Crippen MR) is 152 cm³/mol. The second-order valence-corrected chi connectivity index (χ2v) is 11.5. The molecule has 1 N–H and O–H groups in total. The average Bonchev–Trinajstić information content (AvgIpc) is 2.90. The number of halogens is 1. The third-order valence-corrected chi connectivity index (χ3v) is 7.55. The fourth-order valence-electron chi connectivity index (χ4n) is 4.04. The minimum Gasteiger partial charge on any atom is -0.492 e. The van der Waals surface area contributed by atoms with Gasteiger partial charge in [-0.2, -0.15) is 0 Å². The summed E-state index contributed by atoms with van der Waals surface area (Å²) in [6.07, 6.45) is 1.31. The van der Waals surface area contributed by atoms with Crippen LogP contribution in [-0.2, 0) is 32.6 Å². The molecule has 2 amide bonds. The Kier molecular flexibility index (Phi) is 10.3. The van der Waals surface area contributed by atoms with Crippen LogP contribution in [-0.4, -0.2) is 57.6 Å². The van der Waals surface area contributed by atoms with E-state index in [1.165, 1.54) is 11.9 Å². The van der Waals surface area contributed by atoms with Crippen molar-refractivity contribution in [2.75, 3.05) is 30.8 Å². The summed E-state index contributed by atoms with van der Waals surface area (Å²) < 4.78 is 33.4. The molecular formula is C28H32BrN3O5S. The van der Waals surface area contributed by atoms with Crippen LogP contribution in [0.2, 0.25) is 0 Å². The van der Waals surface area contributed by atoms with Crippen molar-refractivity contribution in [2.24, 2.45) is 0 Å². The van der Waals surface area contributed by atoms with Crippen molar-refractivity contribution in [1.82, 2.24) is 10.2 Å². The Morgan fingerprint density at radius 3 is 2.18 bits per heavy atom. The molecule has 1 atom stereocenters. The van der Waals surface area contributed by atoms with Crippen molar-refractivity contribution in [2.45, 2.75) is 25.9 Å². The summed E-state index contributed by atoms with van der Waals surface area (Å²) in [5, 5.41) is 2.66. The molecule has 38 heavy (non-hydrogen) atoms. The number of rotatable bonds is 12. The molecule has 3 aromatic carbocycles. The van der Waals surface area contributed by atoms with Gasteiger partial charge in [-0.15, -0.1) is 0 Å². The Hall–Kier alpha value is -3.37. The molecule has 0 spiro atoms. The molecule has 10 heteroatoms. The number of ether oxygens (including phenoxy) is 1. The van der Waals surface area contributed by atoms with Gasteiger partial charge in [0.15, 0.2) is 0 Å². The number of para-hydroxylation sites is 2. The van der Waals surface area contributed by atoms with Crippen LogP contribution in [0, 0.1) is 0 Å². The number of anilines is 1. The molecule has 0 bridgehead atoms. The van der Waals surface area contributed by atoms with Gasteiger partial charge in [-0.05, 0) is 42.3 Å². The molecule has 0 aromatic heterocycles. The van der Waals surface area contributed by atoms with E-state index in [4.69, 9.17) is 4.74 Å². The van der Waals surface area contributed by atoms with E-state index < -0.39 is 28.5 Å². The SMILES string of the molecule is CCOc1ccccc1N(CC(=O)N(Cc1ccc(Br)cc1)[C@@H](Cc1ccccc1)C(=O)NC)S(C)(=O)=O. The molecule has 0 aliphatic carbocycles. The number of hydrogen-bond acceptors (Lipinski definition) is 5. The van der Waals surface area contributed by atoms with E-state index in [-0.39, 0.29) is 24.6 Å². The van der Waals surface area contributed by atoms with Gasteiger partial charge in [-0.25, -0.2) is 8.42 Å². The smallest absolute Gasteiger partial charge is 0.244 e. The van der Waals surface area contributed by atoms with Gasteiger partial charge >= 0.3 is 0 Å². The third-order valence-electron chi connectivity index (χ3n) is 5.90. The van der Waals surface area contributed by atoms with Gasteiger partial charge in [-0.3, -0.25) is 13.9 Å². The van der Waals surface area contributed by atoms with E-state index in [1.807, 2.05) is 54.6 Å². The van der Waals surface area contributed by atoms with Crippen LogP contribution >= 0.6 is 15.9 Å². The van der Waals surface area contributed by atoms with E-state index in [0.717, 1.165) is 26.2 Å². The van der Waals surface area contributed by atoms with Gasteiger partial charge in [0.25, 0.3) is 0 Å². The molecule has 202 valence electrons. The lowest BCUT2D eigenvalue weighted by molar-refractivity contribution is -0.139. The summed E-state index contributed by atoms with van der Waals surface area (Å²) in [6, 6.07) is 22.6. The van der Waals surface area contributed by atoms with Crippen LogP contribution in [0.25, 0.3) is 0 Å². The molecule has 0 radical (unpaired) electrons. The highest BCUT2D eigenvalue weighted by atomic mass is 79.9. The van der Waals surface area contributed by atoms with Crippen LogP contribution in [0.3, 0.4) is 0 Å². The lowest BCUT2D eigenvalue weighted by Crippen LogP contribution is -2.52. The second kappa shape index (κ2) is 13.4. The van der Waals surface area contributed by atoms with Crippen LogP contribution < -0.4 is 14.4 Å². The number of sulfonamides is 1. The fourth-order valence-corrected chi connectivity index (χ4v) is 5.16. The molecule has 0 saturated carbocycles. The summed E-state index contributed by atoms with van der Waals surface area (Å²) in [6.45, 7) is 1.74. The normalized spacial score (nSPS) is 11.9. The first-order valence-corrected chi connectivity index (χ1v) is 14.8. The van der Waals surface area contributed by atoms with Gasteiger partial charge < -0.3 is 15.0 Å². The second-order valence-electron chi connectivity index (χ2n) is 8.64. The standard InChI is InChI=1S/C28H32BrN3O5S/c1-4-37-26-13-9-8-12-24(26)32(38(3,35)36)20-27(33)31(19-22-14-16-23(29)17-15-22)25(28(34)30-2)18-21-10-6-5-7-11-21/h5-17,25H,4,18-20H2,1-3H3,(H,30,34)/t25-/m0/s1. The first-order chi connectivity index (χ1) is 18.1. The molecule has 0 aliphatic heterocycles. The van der Waals surface area contributed by atoms with Gasteiger partial charge in [0, 0.05) is 24.5 Å². The first-order valence-electron chi connectivity index (χ1n) is 12.1. The lowest BCUT2D eigenvalue weighted by atomic mass is 10.0. The van der Waals surface area contributed by atoms with Crippen LogP contribution in [0.15, 0.2) is 83.3 Å². The van der Waals surface area contributed by atoms with Crippen molar-refractivity contribution >= 4 is 43.5 Å². The van der Waals surface area contributed by atoms with Gasteiger partial charge in [0.05, 0.1) is 18.6 Å². The Bertz CT molecular complexity index is 1330. The molecule has 8 nitrogen and oxygen atoms in total. The Morgan fingerprint density at radius 2 is 1.58 bits per heavy atom. The highest BCUT2D eigenvalue weighted by Gasteiger charge is 2.33. The number of benzene rings is 3. The predicted octanol–water partition coefficient (Wildman–Crippen LogP) is 4.00. The molecule has 0 unspecified atom stereocenters. The molecule has 3 rings (SSSR count). The van der Waals surface area contributed by atoms with E-state index in [2.05, 4.69) is 21.2 Å². The zero-order chi connectivity index (χ0) is 27.7. The number of carbonyl (C=O) groups excluding carboxylic acids is 2. The van der Waals surface area contributed by atoms with E-state index in [0.29, 0.717) is 12.4 Å². The number of amides is 2. The van der Waals surface area contributed by atoms with Gasteiger partial charge in [0.2, 0.25) is 21.8 Å². The van der Waals surface area contributed by atoms with Crippen LogP contribution in [0.4, 0.5) is 5.69 Å². The minimum atomic E-state index is -3.88. The maximum atomic E-state index is 14.0. The number of hydrogen-bond donors (Lipinski definition) is 1. The van der Waals surface area contributed by atoms with Gasteiger partial charge in [-0.1, -0.05) is 70.5 Å². The van der Waals surface area contributed by atoms with Crippen LogP contribution in [0.1, 0.15) is 18.1 Å². The number of nitrogens with one attached hydrogen (secondary N) is 1. The lowest BCUT2D eigenvalue weighted by Gasteiger charge is -2.33. The topological polar surface area (TPSA) is 96.0 Å². The fraction of sp³-hybridized carbons (Fsp3) is 0.286. The summed E-state index contributed by atoms with van der Waals surface area (Å²) in [4.78, 5) is 28.5.